The molecule has 0 saturated heterocycles. The van der Waals surface area contributed by atoms with Gasteiger partial charge < -0.3 is 10.4 Å². The van der Waals surface area contributed by atoms with Crippen LogP contribution < -0.4 is 5.32 Å². The van der Waals surface area contributed by atoms with Crippen LogP contribution in [0.2, 0.25) is 0 Å². The molecule has 0 aliphatic rings. The lowest BCUT2D eigenvalue weighted by molar-refractivity contribution is -0.137. The zero-order valence-corrected chi connectivity index (χ0v) is 20.8. The molecule has 0 aliphatic heterocycles. The van der Waals surface area contributed by atoms with Crippen molar-refractivity contribution >= 4 is 22.2 Å². The van der Waals surface area contributed by atoms with Crippen LogP contribution in [0.1, 0.15) is 28.5 Å². The molecule has 0 radical (unpaired) electrons. The van der Waals surface area contributed by atoms with Gasteiger partial charge in [-0.25, -0.2) is 23.4 Å². The highest BCUT2D eigenvalue weighted by Crippen LogP contribution is 2.34. The Balaban J connectivity index is 1.37. The van der Waals surface area contributed by atoms with Gasteiger partial charge in [0.05, 0.1) is 23.0 Å². The molecule has 1 amide bonds. The molecule has 0 unspecified atom stereocenters. The van der Waals surface area contributed by atoms with E-state index in [-0.39, 0.29) is 17.8 Å². The van der Waals surface area contributed by atoms with E-state index in [9.17, 15) is 31.9 Å². The Morgan fingerprint density at radius 2 is 1.87 bits per heavy atom. The summed E-state index contributed by atoms with van der Waals surface area (Å²) in [7, 11) is 0. The summed E-state index contributed by atoms with van der Waals surface area (Å²) < 4.78 is 69.6. The Morgan fingerprint density at radius 1 is 1.13 bits per heavy atom. The van der Waals surface area contributed by atoms with E-state index in [1.165, 1.54) is 53.9 Å². The molecule has 3 heterocycles. The summed E-state index contributed by atoms with van der Waals surface area (Å²) in [6, 6.07) is 6.31. The third kappa shape index (κ3) is 5.25. The van der Waals surface area contributed by atoms with E-state index < -0.39 is 40.9 Å². The number of carbonyl (C=O) groups is 1. The molecule has 0 aliphatic carbocycles. The largest absolute Gasteiger partial charge is 0.416 e. The van der Waals surface area contributed by atoms with Gasteiger partial charge in [-0.2, -0.15) is 18.3 Å². The highest BCUT2D eigenvalue weighted by molar-refractivity contribution is 7.20. The first-order valence-electron chi connectivity index (χ1n) is 11.4. The Morgan fingerprint density at radius 3 is 2.49 bits per heavy atom. The van der Waals surface area contributed by atoms with Gasteiger partial charge in [0, 0.05) is 24.0 Å². The van der Waals surface area contributed by atoms with Gasteiger partial charge in [-0.1, -0.05) is 29.5 Å². The average Bonchev–Trinajstić information content (AvgIpc) is 3.60. The number of nitrogens with zero attached hydrogens (tertiary/aromatic N) is 5. The van der Waals surface area contributed by atoms with Crippen molar-refractivity contribution in [2.45, 2.75) is 31.3 Å². The second-order valence-electron chi connectivity index (χ2n) is 8.82. The maximum absolute atomic E-state index is 14.7. The second kappa shape index (κ2) is 9.85. The molecule has 5 rings (SSSR count). The zero-order chi connectivity index (χ0) is 27.9. The number of nitrogens with one attached hydrogen (secondary N) is 1. The minimum Gasteiger partial charge on any atom is -0.381 e. The van der Waals surface area contributed by atoms with Gasteiger partial charge in [0.2, 0.25) is 0 Å². The summed E-state index contributed by atoms with van der Waals surface area (Å²) in [6.45, 7) is 1.16. The van der Waals surface area contributed by atoms with Crippen molar-refractivity contribution in [2.24, 2.45) is 0 Å². The summed E-state index contributed by atoms with van der Waals surface area (Å²) in [5.74, 6) is -2.50. The molecule has 3 aromatic heterocycles. The molecule has 0 spiro atoms. The molecule has 2 aromatic carbocycles. The van der Waals surface area contributed by atoms with Crippen molar-refractivity contribution < 1.29 is 31.9 Å². The van der Waals surface area contributed by atoms with Crippen LogP contribution in [0.5, 0.6) is 0 Å². The lowest BCUT2D eigenvalue weighted by atomic mass is 9.86. The van der Waals surface area contributed by atoms with Crippen molar-refractivity contribution in [1.82, 2.24) is 29.5 Å². The first kappa shape index (κ1) is 26.4. The van der Waals surface area contributed by atoms with Crippen LogP contribution in [0, 0.1) is 11.6 Å². The fourth-order valence-electron chi connectivity index (χ4n) is 4.11. The monoisotopic (exact) mass is 562 g/mol. The van der Waals surface area contributed by atoms with Crippen molar-refractivity contribution in [3.63, 3.8) is 0 Å². The quantitative estimate of drug-likeness (QED) is 0.282. The predicted molar refractivity (Wildman–Crippen MR) is 131 cm³/mol. The molecule has 2 atom stereocenters. The Labute approximate surface area is 221 Å². The Bertz CT molecular complexity index is 1600. The number of rotatable bonds is 7. The van der Waals surface area contributed by atoms with E-state index in [1.807, 2.05) is 0 Å². The van der Waals surface area contributed by atoms with Crippen LogP contribution >= 0.6 is 11.3 Å². The predicted octanol–water partition coefficient (Wildman–Crippen LogP) is 4.66. The van der Waals surface area contributed by atoms with Crippen LogP contribution in [0.4, 0.5) is 22.0 Å². The molecule has 5 aromatic rings. The highest BCUT2D eigenvalue weighted by atomic mass is 32.1. The molecule has 0 bridgehead atoms. The molecule has 0 saturated carbocycles. The maximum Gasteiger partial charge on any atom is 0.416 e. The smallest absolute Gasteiger partial charge is 0.381 e. The third-order valence-corrected chi connectivity index (χ3v) is 7.26. The topological polar surface area (TPSA) is 97.3 Å². The standard InChI is InChI=1S/C25H19F5N6O2S/c1-14(24(38,11-36-13-31-12-32-36)18-7-6-17(26)8-19(18)27)33-22(37)20-9-35-10-21(39-23(35)34-20)15-2-4-16(5-3-15)25(28,29)30/h2-10,12-14,38H,11H2,1H3,(H,33,37)/t14-,24-/m1/s1. The molecule has 2 N–H and O–H groups in total. The molecule has 8 nitrogen and oxygen atoms in total. The molecular formula is C25H19F5N6O2S. The zero-order valence-electron chi connectivity index (χ0n) is 20.0. The summed E-state index contributed by atoms with van der Waals surface area (Å²) in [4.78, 5) is 22.2. The number of aromatic nitrogens is 5. The van der Waals surface area contributed by atoms with Gasteiger partial charge >= 0.3 is 6.18 Å². The third-order valence-electron chi connectivity index (χ3n) is 6.22. The Hall–Kier alpha value is -4.17. The fraction of sp³-hybridized carbons (Fsp3) is 0.200. The van der Waals surface area contributed by atoms with E-state index >= 15 is 0 Å². The molecule has 202 valence electrons. The number of amides is 1. The molecule has 0 fully saturated rings. The number of carbonyl (C=O) groups excluding carboxylic acids is 1. The van der Waals surface area contributed by atoms with Crippen LogP contribution in [0.3, 0.4) is 0 Å². The minimum atomic E-state index is -4.44. The lowest BCUT2D eigenvalue weighted by Gasteiger charge is -2.35. The average molecular weight is 563 g/mol. The number of hydrogen-bond donors (Lipinski definition) is 2. The first-order valence-corrected chi connectivity index (χ1v) is 12.2. The molecular weight excluding hydrogens is 543 g/mol. The molecule has 14 heteroatoms. The number of hydrogen-bond acceptors (Lipinski definition) is 6. The first-order chi connectivity index (χ1) is 18.4. The minimum absolute atomic E-state index is 0.00486. The van der Waals surface area contributed by atoms with Gasteiger partial charge in [0.25, 0.3) is 5.91 Å². The van der Waals surface area contributed by atoms with Gasteiger partial charge in [-0.15, -0.1) is 0 Å². The summed E-state index contributed by atoms with van der Waals surface area (Å²) in [5, 5.41) is 18.1. The highest BCUT2D eigenvalue weighted by Gasteiger charge is 2.40. The molecule has 39 heavy (non-hydrogen) atoms. The number of imidazole rings is 1. The number of thiazole rings is 1. The van der Waals surface area contributed by atoms with E-state index in [4.69, 9.17) is 0 Å². The van der Waals surface area contributed by atoms with Crippen LogP contribution in [-0.4, -0.2) is 41.2 Å². The van der Waals surface area contributed by atoms with E-state index in [2.05, 4.69) is 20.4 Å². The van der Waals surface area contributed by atoms with Gasteiger partial charge in [-0.05, 0) is 30.7 Å². The van der Waals surface area contributed by atoms with Crippen molar-refractivity contribution in [2.75, 3.05) is 0 Å². The number of alkyl halides is 3. The van der Waals surface area contributed by atoms with E-state index in [0.29, 0.717) is 21.5 Å². The van der Waals surface area contributed by atoms with Gasteiger partial charge in [0.1, 0.15) is 35.6 Å². The van der Waals surface area contributed by atoms with Crippen LogP contribution in [0.15, 0.2) is 67.5 Å². The summed E-state index contributed by atoms with van der Waals surface area (Å²) >= 11 is 1.17. The lowest BCUT2D eigenvalue weighted by Crippen LogP contribution is -2.52. The van der Waals surface area contributed by atoms with Crippen molar-refractivity contribution in [3.8, 4) is 10.4 Å². The summed E-state index contributed by atoms with van der Waals surface area (Å²) in [5.41, 5.74) is -2.51. The maximum atomic E-state index is 14.7. The van der Waals surface area contributed by atoms with Gasteiger partial charge in [0.15, 0.2) is 4.96 Å². The van der Waals surface area contributed by atoms with Crippen molar-refractivity contribution in [1.29, 1.82) is 0 Å². The number of aliphatic hydroxyl groups is 1. The summed E-state index contributed by atoms with van der Waals surface area (Å²) in [6.07, 6.45) is 1.15. The van der Waals surface area contributed by atoms with Crippen LogP contribution in [0.25, 0.3) is 15.4 Å². The van der Waals surface area contributed by atoms with Gasteiger partial charge in [-0.3, -0.25) is 9.20 Å². The normalized spacial score (nSPS) is 14.3. The fourth-order valence-corrected chi connectivity index (χ4v) is 5.08. The van der Waals surface area contributed by atoms with E-state index in [1.54, 1.807) is 10.6 Å². The van der Waals surface area contributed by atoms with Crippen molar-refractivity contribution in [3.05, 3.63) is 96.0 Å². The SMILES string of the molecule is C[C@@H](NC(=O)c1cn2cc(-c3ccc(C(F)(F)F)cc3)sc2n1)[C@](O)(Cn1cncn1)c1ccc(F)cc1F. The second-order valence-corrected chi connectivity index (χ2v) is 9.83. The Kier molecular flexibility index (Phi) is 6.68. The van der Waals surface area contributed by atoms with Crippen LogP contribution in [-0.2, 0) is 18.3 Å². The number of benzene rings is 2. The number of fused-ring (bicyclic) bond motifs is 1. The van der Waals surface area contributed by atoms with E-state index in [0.717, 1.165) is 24.3 Å². The number of halogens is 5.